The number of hydrogen-bond acceptors (Lipinski definition) is 5. The quantitative estimate of drug-likeness (QED) is 0.237. The number of nitrogens with zero attached hydrogens (tertiary/aromatic N) is 1. The Balaban J connectivity index is 0.00000441. The van der Waals surface area contributed by atoms with Crippen molar-refractivity contribution in [3.05, 3.63) is 117 Å². The highest BCUT2D eigenvalue weighted by Gasteiger charge is 2.25. The molecule has 0 saturated carbocycles. The van der Waals surface area contributed by atoms with E-state index in [2.05, 4.69) is 5.32 Å². The van der Waals surface area contributed by atoms with Crippen LogP contribution in [-0.4, -0.2) is 34.4 Å². The second-order valence-electron chi connectivity index (χ2n) is 8.82. The van der Waals surface area contributed by atoms with E-state index in [0.717, 1.165) is 5.56 Å². The van der Waals surface area contributed by atoms with Gasteiger partial charge in [0, 0.05) is 34.3 Å². The monoisotopic (exact) mass is 580 g/mol. The molecule has 0 aliphatic carbocycles. The van der Waals surface area contributed by atoms with E-state index in [0.29, 0.717) is 27.4 Å². The molecule has 0 bridgehead atoms. The van der Waals surface area contributed by atoms with Crippen LogP contribution in [-0.2, 0) is 11.2 Å². The predicted molar refractivity (Wildman–Crippen MR) is 156 cm³/mol. The molecule has 4 rings (SSSR count). The summed E-state index contributed by atoms with van der Waals surface area (Å²) in [7, 11) is 1.43. The van der Waals surface area contributed by atoms with E-state index in [1.165, 1.54) is 55.1 Å². The molecule has 0 saturated heterocycles. The maximum Gasteiger partial charge on any atom is 0.335 e. The highest BCUT2D eigenvalue weighted by atomic mass is 35.5. The van der Waals surface area contributed by atoms with Crippen LogP contribution in [0.3, 0.4) is 0 Å². The fraction of sp³-hybridized carbons (Fsp3) is 0.133. The van der Waals surface area contributed by atoms with E-state index in [9.17, 15) is 19.2 Å². The highest BCUT2D eigenvalue weighted by Crippen LogP contribution is 2.34. The molecule has 0 spiro atoms. The number of carboxylic acid groups (broad SMARTS) is 1. The lowest BCUT2D eigenvalue weighted by Gasteiger charge is -2.22. The Morgan fingerprint density at radius 1 is 0.975 bits per heavy atom. The molecule has 0 fully saturated rings. The van der Waals surface area contributed by atoms with Crippen molar-refractivity contribution in [3.8, 4) is 16.9 Å². The SMILES string of the molecule is COc1cn(C(Cc2ccccc2)C(=O)Nc2ccc(C(=O)O)cc2)c(=O)cc1-c1cc(Cl)ccc1C(C)=O.Cl. The molecular formula is C30H26Cl2N2O6. The molecule has 0 aliphatic rings. The number of methoxy groups -OCH3 is 1. The standard InChI is InChI=1S/C30H25ClN2O6.ClH/c1-18(34)23-13-10-21(31)15-24(23)25-16-28(35)33(17-27(25)39-2)26(14-19-6-4-3-5-7-19)29(36)32-22-11-8-20(9-12-22)30(37)38;/h3-13,15-17,26H,14H2,1-2H3,(H,32,36)(H,37,38);1H. The molecule has 1 aromatic heterocycles. The van der Waals surface area contributed by atoms with Crippen molar-refractivity contribution in [2.45, 2.75) is 19.4 Å². The summed E-state index contributed by atoms with van der Waals surface area (Å²) in [4.78, 5) is 50.5. The summed E-state index contributed by atoms with van der Waals surface area (Å²) >= 11 is 6.20. The van der Waals surface area contributed by atoms with Gasteiger partial charge in [-0.2, -0.15) is 0 Å². The number of hydrogen-bond donors (Lipinski definition) is 2. The van der Waals surface area contributed by atoms with Crippen molar-refractivity contribution < 1.29 is 24.2 Å². The van der Waals surface area contributed by atoms with Crippen LogP contribution in [0, 0.1) is 0 Å². The molecule has 1 unspecified atom stereocenters. The number of halogens is 2. The smallest absolute Gasteiger partial charge is 0.335 e. The third-order valence-corrected chi connectivity index (χ3v) is 6.46. The fourth-order valence-corrected chi connectivity index (χ4v) is 4.44. The minimum atomic E-state index is -1.08. The molecule has 206 valence electrons. The van der Waals surface area contributed by atoms with Crippen molar-refractivity contribution in [1.29, 1.82) is 0 Å². The van der Waals surface area contributed by atoms with Crippen LogP contribution in [0.2, 0.25) is 5.02 Å². The number of aromatic carboxylic acids is 1. The average molecular weight is 581 g/mol. The molecule has 0 aliphatic heterocycles. The number of anilines is 1. The molecule has 2 N–H and O–H groups in total. The van der Waals surface area contributed by atoms with E-state index >= 15 is 0 Å². The minimum absolute atomic E-state index is 0. The summed E-state index contributed by atoms with van der Waals surface area (Å²) in [6.45, 7) is 1.42. The normalized spacial score (nSPS) is 11.2. The molecule has 1 heterocycles. The zero-order chi connectivity index (χ0) is 28.1. The summed E-state index contributed by atoms with van der Waals surface area (Å²) < 4.78 is 6.89. The van der Waals surface area contributed by atoms with Crippen LogP contribution in [0.5, 0.6) is 5.75 Å². The number of pyridine rings is 1. The van der Waals surface area contributed by atoms with Crippen LogP contribution < -0.4 is 15.6 Å². The van der Waals surface area contributed by atoms with Gasteiger partial charge in [0.2, 0.25) is 5.91 Å². The second-order valence-corrected chi connectivity index (χ2v) is 9.26. The Kier molecular flexibility index (Phi) is 9.87. The van der Waals surface area contributed by atoms with Crippen molar-refractivity contribution >= 4 is 47.4 Å². The number of carbonyl (C=O) groups excluding carboxylic acids is 2. The molecule has 1 atom stereocenters. The van der Waals surface area contributed by atoms with Crippen LogP contribution >= 0.6 is 24.0 Å². The molecule has 3 aromatic carbocycles. The van der Waals surface area contributed by atoms with Crippen molar-refractivity contribution in [3.63, 3.8) is 0 Å². The maximum atomic E-state index is 13.5. The molecular weight excluding hydrogens is 555 g/mol. The first-order valence-corrected chi connectivity index (χ1v) is 12.3. The number of ether oxygens (including phenoxy) is 1. The molecule has 0 radical (unpaired) electrons. The van der Waals surface area contributed by atoms with Gasteiger partial charge in [-0.05, 0) is 60.5 Å². The molecule has 1 amide bonds. The van der Waals surface area contributed by atoms with Crippen LogP contribution in [0.15, 0.2) is 89.9 Å². The molecule has 40 heavy (non-hydrogen) atoms. The van der Waals surface area contributed by atoms with Gasteiger partial charge in [-0.3, -0.25) is 19.0 Å². The molecule has 8 nitrogen and oxygen atoms in total. The number of nitrogens with one attached hydrogen (secondary N) is 1. The number of carboxylic acids is 1. The summed E-state index contributed by atoms with van der Waals surface area (Å²) in [6.07, 6.45) is 1.64. The largest absolute Gasteiger partial charge is 0.495 e. The zero-order valence-electron chi connectivity index (χ0n) is 21.6. The zero-order valence-corrected chi connectivity index (χ0v) is 23.2. The number of aromatic nitrogens is 1. The van der Waals surface area contributed by atoms with E-state index in [-0.39, 0.29) is 35.9 Å². The lowest BCUT2D eigenvalue weighted by Crippen LogP contribution is -2.34. The summed E-state index contributed by atoms with van der Waals surface area (Å²) in [5.74, 6) is -1.49. The van der Waals surface area contributed by atoms with Gasteiger partial charge < -0.3 is 15.2 Å². The van der Waals surface area contributed by atoms with Gasteiger partial charge >= 0.3 is 5.97 Å². The predicted octanol–water partition coefficient (Wildman–Crippen LogP) is 5.92. The fourth-order valence-electron chi connectivity index (χ4n) is 4.27. The maximum absolute atomic E-state index is 13.5. The number of Topliss-reactive ketones (excluding diaryl/α,β-unsaturated/α-hetero) is 1. The van der Waals surface area contributed by atoms with Gasteiger partial charge in [0.25, 0.3) is 5.56 Å². The number of amides is 1. The van der Waals surface area contributed by atoms with Gasteiger partial charge in [0.05, 0.1) is 18.9 Å². The number of ketones is 1. The van der Waals surface area contributed by atoms with Gasteiger partial charge in [0.15, 0.2) is 5.78 Å². The third kappa shape index (κ3) is 6.77. The number of rotatable bonds is 9. The Morgan fingerprint density at radius 3 is 2.25 bits per heavy atom. The van der Waals surface area contributed by atoms with Gasteiger partial charge in [-0.15, -0.1) is 12.4 Å². The van der Waals surface area contributed by atoms with Crippen LogP contribution in [0.25, 0.3) is 11.1 Å². The second kappa shape index (κ2) is 13.1. The number of carbonyl (C=O) groups is 3. The number of benzene rings is 3. The Hall–Kier alpha value is -4.40. The molecule has 10 heteroatoms. The van der Waals surface area contributed by atoms with E-state index in [1.54, 1.807) is 18.2 Å². The van der Waals surface area contributed by atoms with E-state index in [1.807, 2.05) is 30.3 Å². The van der Waals surface area contributed by atoms with Crippen LogP contribution in [0.1, 0.15) is 39.2 Å². The average Bonchev–Trinajstić information content (AvgIpc) is 2.92. The first kappa shape index (κ1) is 30.1. The Morgan fingerprint density at radius 2 is 1.65 bits per heavy atom. The van der Waals surface area contributed by atoms with Crippen molar-refractivity contribution in [2.24, 2.45) is 0 Å². The highest BCUT2D eigenvalue weighted by molar-refractivity contribution is 6.31. The lowest BCUT2D eigenvalue weighted by atomic mass is 9.97. The first-order chi connectivity index (χ1) is 18.7. The Labute approximate surface area is 241 Å². The summed E-state index contributed by atoms with van der Waals surface area (Å²) in [6, 6.07) is 20.1. The Bertz CT molecular complexity index is 1600. The van der Waals surface area contributed by atoms with E-state index < -0.39 is 23.5 Å². The van der Waals surface area contributed by atoms with Gasteiger partial charge in [-0.25, -0.2) is 4.79 Å². The van der Waals surface area contributed by atoms with Gasteiger partial charge in [0.1, 0.15) is 11.8 Å². The third-order valence-electron chi connectivity index (χ3n) is 6.22. The van der Waals surface area contributed by atoms with E-state index in [4.69, 9.17) is 21.4 Å². The molecule has 4 aromatic rings. The van der Waals surface area contributed by atoms with Crippen molar-refractivity contribution in [1.82, 2.24) is 4.57 Å². The lowest BCUT2D eigenvalue weighted by molar-refractivity contribution is -0.119. The topological polar surface area (TPSA) is 115 Å². The van der Waals surface area contributed by atoms with Crippen molar-refractivity contribution in [2.75, 3.05) is 12.4 Å². The summed E-state index contributed by atoms with van der Waals surface area (Å²) in [5.41, 5.74) is 1.98. The minimum Gasteiger partial charge on any atom is -0.495 e. The van der Waals surface area contributed by atoms with Gasteiger partial charge in [-0.1, -0.05) is 41.9 Å². The summed E-state index contributed by atoms with van der Waals surface area (Å²) in [5, 5.41) is 12.3. The first-order valence-electron chi connectivity index (χ1n) is 12.0. The van der Waals surface area contributed by atoms with Crippen LogP contribution in [0.4, 0.5) is 5.69 Å².